The maximum Gasteiger partial charge on any atom is 0.263 e. The predicted octanol–water partition coefficient (Wildman–Crippen LogP) is 3.91. The summed E-state index contributed by atoms with van der Waals surface area (Å²) in [6.45, 7) is 10.2. The molecule has 1 amide bonds. The van der Waals surface area contributed by atoms with Gasteiger partial charge < -0.3 is 10.1 Å². The summed E-state index contributed by atoms with van der Waals surface area (Å²) in [5.41, 5.74) is 2.22. The monoisotopic (exact) mass is 315 g/mol. The number of carbonyl (C=O) groups excluding carboxylic acids is 1. The van der Waals surface area contributed by atoms with Gasteiger partial charge in [0, 0.05) is 12.1 Å². The summed E-state index contributed by atoms with van der Waals surface area (Å²) in [5, 5.41) is 7.03. The van der Waals surface area contributed by atoms with Crippen LogP contribution in [0.3, 0.4) is 0 Å². The highest BCUT2D eigenvalue weighted by Gasteiger charge is 2.11. The van der Waals surface area contributed by atoms with Crippen molar-refractivity contribution in [1.29, 1.82) is 0 Å². The van der Waals surface area contributed by atoms with Gasteiger partial charge in [-0.25, -0.2) is 4.68 Å². The van der Waals surface area contributed by atoms with Gasteiger partial charge in [0.1, 0.15) is 11.6 Å². The van der Waals surface area contributed by atoms with Crippen molar-refractivity contribution in [3.05, 3.63) is 41.6 Å². The van der Waals surface area contributed by atoms with Gasteiger partial charge in [-0.3, -0.25) is 4.79 Å². The van der Waals surface area contributed by atoms with Gasteiger partial charge in [-0.1, -0.05) is 26.0 Å². The van der Waals surface area contributed by atoms with Crippen LogP contribution in [0.5, 0.6) is 5.75 Å². The van der Waals surface area contributed by atoms with Crippen molar-refractivity contribution in [3.8, 4) is 5.75 Å². The quantitative estimate of drug-likeness (QED) is 0.879. The molecule has 0 saturated carbocycles. The predicted molar refractivity (Wildman–Crippen MR) is 92.0 cm³/mol. The number of ether oxygens (including phenoxy) is 1. The molecule has 0 aliphatic rings. The third-order valence-electron chi connectivity index (χ3n) is 3.66. The molecule has 124 valence electrons. The number of anilines is 1. The van der Waals surface area contributed by atoms with E-state index < -0.39 is 0 Å². The molecular formula is C18H25N3O2. The zero-order valence-corrected chi connectivity index (χ0v) is 14.5. The van der Waals surface area contributed by atoms with Gasteiger partial charge in [-0.15, -0.1) is 0 Å². The summed E-state index contributed by atoms with van der Waals surface area (Å²) < 4.78 is 7.46. The Morgan fingerprint density at radius 1 is 1.26 bits per heavy atom. The van der Waals surface area contributed by atoms with Crippen LogP contribution in [-0.4, -0.2) is 22.3 Å². The number of benzene rings is 1. The first-order valence-electron chi connectivity index (χ1n) is 7.95. The number of hydrogen-bond donors (Lipinski definition) is 1. The van der Waals surface area contributed by atoms with Crippen molar-refractivity contribution in [3.63, 3.8) is 0 Å². The lowest BCUT2D eigenvalue weighted by atomic mass is 10.0. The highest BCUT2D eigenvalue weighted by atomic mass is 16.5. The van der Waals surface area contributed by atoms with Crippen LogP contribution in [0.1, 0.15) is 50.8 Å². The van der Waals surface area contributed by atoms with Crippen LogP contribution in [-0.2, 0) is 4.79 Å². The summed E-state index contributed by atoms with van der Waals surface area (Å²) in [6, 6.07) is 8.09. The van der Waals surface area contributed by atoms with Crippen molar-refractivity contribution >= 4 is 11.7 Å². The molecule has 0 unspecified atom stereocenters. The summed E-state index contributed by atoms with van der Waals surface area (Å²) >= 11 is 0. The number of carbonyl (C=O) groups is 1. The Hall–Kier alpha value is -2.30. The third-order valence-corrected chi connectivity index (χ3v) is 3.66. The van der Waals surface area contributed by atoms with Crippen LogP contribution in [0.4, 0.5) is 5.82 Å². The molecule has 2 aromatic rings. The van der Waals surface area contributed by atoms with Crippen LogP contribution >= 0.6 is 0 Å². The van der Waals surface area contributed by atoms with Gasteiger partial charge >= 0.3 is 0 Å². The van der Waals surface area contributed by atoms with E-state index in [0.29, 0.717) is 11.7 Å². The normalized spacial score (nSPS) is 11.1. The van der Waals surface area contributed by atoms with E-state index in [9.17, 15) is 4.79 Å². The minimum Gasteiger partial charge on any atom is -0.483 e. The second kappa shape index (κ2) is 7.31. The molecule has 1 aromatic carbocycles. The second-order valence-electron chi connectivity index (χ2n) is 6.27. The first-order valence-corrected chi connectivity index (χ1v) is 7.95. The lowest BCUT2D eigenvalue weighted by molar-refractivity contribution is -0.118. The van der Waals surface area contributed by atoms with Crippen LogP contribution in [0.15, 0.2) is 30.5 Å². The van der Waals surface area contributed by atoms with E-state index in [1.165, 1.54) is 5.56 Å². The number of nitrogens with zero attached hydrogens (tertiary/aromatic N) is 2. The topological polar surface area (TPSA) is 56.1 Å². The Labute approximate surface area is 137 Å². The summed E-state index contributed by atoms with van der Waals surface area (Å²) in [4.78, 5) is 12.1. The second-order valence-corrected chi connectivity index (χ2v) is 6.27. The van der Waals surface area contributed by atoms with Crippen molar-refractivity contribution in [2.75, 3.05) is 11.9 Å². The number of aromatic nitrogens is 2. The Kier molecular flexibility index (Phi) is 5.42. The van der Waals surface area contributed by atoms with Crippen LogP contribution < -0.4 is 10.1 Å². The van der Waals surface area contributed by atoms with E-state index in [-0.39, 0.29) is 18.6 Å². The first-order chi connectivity index (χ1) is 10.9. The molecule has 0 saturated heterocycles. The fourth-order valence-corrected chi connectivity index (χ4v) is 2.28. The highest BCUT2D eigenvalue weighted by Crippen LogP contribution is 2.24. The number of nitrogens with one attached hydrogen (secondary N) is 1. The van der Waals surface area contributed by atoms with E-state index >= 15 is 0 Å². The maximum atomic E-state index is 12.1. The zero-order valence-electron chi connectivity index (χ0n) is 14.5. The van der Waals surface area contributed by atoms with E-state index in [1.54, 1.807) is 16.9 Å². The molecule has 1 heterocycles. The average Bonchev–Trinajstić information content (AvgIpc) is 2.94. The Balaban J connectivity index is 1.99. The maximum absolute atomic E-state index is 12.1. The van der Waals surface area contributed by atoms with Crippen molar-refractivity contribution in [1.82, 2.24) is 9.78 Å². The van der Waals surface area contributed by atoms with E-state index in [4.69, 9.17) is 4.74 Å². The molecule has 1 aromatic heterocycles. The lowest BCUT2D eigenvalue weighted by Gasteiger charge is -2.14. The van der Waals surface area contributed by atoms with Crippen molar-refractivity contribution < 1.29 is 9.53 Å². The SMILES string of the molecule is Cc1ccc(C(C)C)cc1OCC(=O)Nc1ccnn1C(C)C. The summed E-state index contributed by atoms with van der Waals surface area (Å²) in [5.74, 6) is 1.67. The van der Waals surface area contributed by atoms with Gasteiger partial charge in [0.2, 0.25) is 0 Å². The van der Waals surface area contributed by atoms with Crippen LogP contribution in [0.2, 0.25) is 0 Å². The fraction of sp³-hybridized carbons (Fsp3) is 0.444. The summed E-state index contributed by atoms with van der Waals surface area (Å²) in [6.07, 6.45) is 1.67. The molecule has 1 N–H and O–H groups in total. The average molecular weight is 315 g/mol. The van der Waals surface area contributed by atoms with Crippen LogP contribution in [0, 0.1) is 6.92 Å². The molecule has 5 nitrogen and oxygen atoms in total. The lowest BCUT2D eigenvalue weighted by Crippen LogP contribution is -2.22. The molecular weight excluding hydrogens is 290 g/mol. The standard InChI is InChI=1S/C18H25N3O2/c1-12(2)15-7-6-14(5)16(10-15)23-11-18(22)20-17-8-9-19-21(17)13(3)4/h6-10,12-13H,11H2,1-5H3,(H,20,22). The minimum atomic E-state index is -0.193. The Morgan fingerprint density at radius 2 is 2.00 bits per heavy atom. The minimum absolute atomic E-state index is 0.0222. The molecule has 23 heavy (non-hydrogen) atoms. The molecule has 0 spiro atoms. The molecule has 5 heteroatoms. The number of aryl methyl sites for hydroxylation is 1. The smallest absolute Gasteiger partial charge is 0.263 e. The number of hydrogen-bond acceptors (Lipinski definition) is 3. The highest BCUT2D eigenvalue weighted by molar-refractivity contribution is 5.91. The molecule has 0 bridgehead atoms. The molecule has 0 aliphatic heterocycles. The van der Waals surface area contributed by atoms with Gasteiger partial charge in [0.25, 0.3) is 5.91 Å². The zero-order chi connectivity index (χ0) is 17.0. The molecule has 0 fully saturated rings. The molecule has 2 rings (SSSR count). The van der Waals surface area contributed by atoms with Crippen molar-refractivity contribution in [2.24, 2.45) is 0 Å². The third kappa shape index (κ3) is 4.34. The summed E-state index contributed by atoms with van der Waals surface area (Å²) in [7, 11) is 0. The first kappa shape index (κ1) is 17.1. The Bertz CT molecular complexity index is 675. The van der Waals surface area contributed by atoms with Crippen molar-refractivity contribution in [2.45, 2.75) is 46.6 Å². The van der Waals surface area contributed by atoms with E-state index in [0.717, 1.165) is 11.3 Å². The van der Waals surface area contributed by atoms with Gasteiger partial charge in [0.15, 0.2) is 6.61 Å². The Morgan fingerprint density at radius 3 is 2.65 bits per heavy atom. The van der Waals surface area contributed by atoms with Gasteiger partial charge in [0.05, 0.1) is 6.20 Å². The van der Waals surface area contributed by atoms with E-state index in [1.807, 2.05) is 32.9 Å². The number of amides is 1. The number of rotatable bonds is 6. The van der Waals surface area contributed by atoms with Crippen LogP contribution in [0.25, 0.3) is 0 Å². The molecule has 0 aliphatic carbocycles. The molecule has 0 atom stereocenters. The largest absolute Gasteiger partial charge is 0.483 e. The van der Waals surface area contributed by atoms with Gasteiger partial charge in [-0.05, 0) is 43.9 Å². The van der Waals surface area contributed by atoms with Gasteiger partial charge in [-0.2, -0.15) is 5.10 Å². The van der Waals surface area contributed by atoms with E-state index in [2.05, 4.69) is 30.3 Å². The fourth-order valence-electron chi connectivity index (χ4n) is 2.28. The molecule has 0 radical (unpaired) electrons.